The van der Waals surface area contributed by atoms with Crippen molar-refractivity contribution < 1.29 is 18.7 Å². The lowest BCUT2D eigenvalue weighted by atomic mass is 10.1. The second kappa shape index (κ2) is 11.6. The topological polar surface area (TPSA) is 58.6 Å². The number of carbonyl (C=O) groups excluding carboxylic acids is 2. The fraction of sp³-hybridized carbons (Fsp3) is 0.103. The minimum absolute atomic E-state index is 0.0985. The second-order valence-corrected chi connectivity index (χ2v) is 7.97. The fourth-order valence-electron chi connectivity index (χ4n) is 3.55. The molecule has 6 heteroatoms. The van der Waals surface area contributed by atoms with Crippen LogP contribution in [0.25, 0.3) is 0 Å². The zero-order valence-electron chi connectivity index (χ0n) is 19.1. The van der Waals surface area contributed by atoms with E-state index in [1.165, 1.54) is 24.3 Å². The van der Waals surface area contributed by atoms with Crippen molar-refractivity contribution in [3.05, 3.63) is 126 Å². The molecule has 0 spiro atoms. The summed E-state index contributed by atoms with van der Waals surface area (Å²) < 4.78 is 18.7. The molecule has 4 rings (SSSR count). The Morgan fingerprint density at radius 2 is 1.37 bits per heavy atom. The highest BCUT2D eigenvalue weighted by Crippen LogP contribution is 2.20. The van der Waals surface area contributed by atoms with Crippen LogP contribution in [0.4, 0.5) is 15.8 Å². The van der Waals surface area contributed by atoms with E-state index in [1.54, 1.807) is 17.0 Å². The summed E-state index contributed by atoms with van der Waals surface area (Å²) in [6, 6.07) is 31.8. The summed E-state index contributed by atoms with van der Waals surface area (Å²) in [5.74, 6) is -0.122. The van der Waals surface area contributed by atoms with Crippen LogP contribution < -0.4 is 15.0 Å². The lowest BCUT2D eigenvalue weighted by Gasteiger charge is -2.23. The third kappa shape index (κ3) is 7.01. The summed E-state index contributed by atoms with van der Waals surface area (Å²) >= 11 is 0. The summed E-state index contributed by atoms with van der Waals surface area (Å²) in [6.45, 7) is 0.293. The van der Waals surface area contributed by atoms with Gasteiger partial charge in [0.2, 0.25) is 5.91 Å². The van der Waals surface area contributed by atoms with E-state index >= 15 is 0 Å². The van der Waals surface area contributed by atoms with Gasteiger partial charge in [0.05, 0.1) is 13.0 Å². The maximum Gasteiger partial charge on any atom is 0.265 e. The van der Waals surface area contributed by atoms with Gasteiger partial charge in [-0.1, -0.05) is 60.7 Å². The maximum absolute atomic E-state index is 13.1. The number of ether oxygens (including phenoxy) is 1. The smallest absolute Gasteiger partial charge is 0.265 e. The predicted molar refractivity (Wildman–Crippen MR) is 135 cm³/mol. The molecule has 176 valence electrons. The van der Waals surface area contributed by atoms with Crippen molar-refractivity contribution >= 4 is 23.2 Å². The highest BCUT2D eigenvalue weighted by atomic mass is 19.1. The van der Waals surface area contributed by atoms with E-state index in [-0.39, 0.29) is 30.7 Å². The van der Waals surface area contributed by atoms with Crippen LogP contribution in [-0.4, -0.2) is 18.4 Å². The number of para-hydroxylation sites is 1. The number of hydrogen-bond donors (Lipinski definition) is 1. The highest BCUT2D eigenvalue weighted by Gasteiger charge is 2.17. The van der Waals surface area contributed by atoms with Crippen LogP contribution in [0.2, 0.25) is 0 Å². The summed E-state index contributed by atoms with van der Waals surface area (Å²) in [4.78, 5) is 27.2. The maximum atomic E-state index is 13.1. The van der Waals surface area contributed by atoms with E-state index < -0.39 is 0 Å². The van der Waals surface area contributed by atoms with Gasteiger partial charge in [0.15, 0.2) is 6.61 Å². The summed E-state index contributed by atoms with van der Waals surface area (Å²) in [5, 5.41) is 2.75. The van der Waals surface area contributed by atoms with Crippen LogP contribution >= 0.6 is 0 Å². The van der Waals surface area contributed by atoms with Gasteiger partial charge in [0.1, 0.15) is 11.6 Å². The van der Waals surface area contributed by atoms with Gasteiger partial charge < -0.3 is 15.0 Å². The lowest BCUT2D eigenvalue weighted by molar-refractivity contribution is -0.120. The zero-order chi connectivity index (χ0) is 24.5. The Hall–Kier alpha value is -4.45. The van der Waals surface area contributed by atoms with Crippen molar-refractivity contribution in [3.8, 4) is 5.75 Å². The Bertz CT molecular complexity index is 1240. The Kier molecular flexibility index (Phi) is 7.86. The van der Waals surface area contributed by atoms with Crippen molar-refractivity contribution in [2.75, 3.05) is 16.8 Å². The average molecular weight is 469 g/mol. The van der Waals surface area contributed by atoms with E-state index in [0.717, 1.165) is 11.1 Å². The van der Waals surface area contributed by atoms with Crippen molar-refractivity contribution in [2.24, 2.45) is 0 Å². The minimum atomic E-state index is -0.359. The van der Waals surface area contributed by atoms with Crippen LogP contribution in [0.5, 0.6) is 5.75 Å². The van der Waals surface area contributed by atoms with E-state index in [9.17, 15) is 14.0 Å². The largest absolute Gasteiger partial charge is 0.484 e. The molecule has 0 bridgehead atoms. The lowest BCUT2D eigenvalue weighted by Crippen LogP contribution is -2.34. The minimum Gasteiger partial charge on any atom is -0.484 e. The SMILES string of the molecule is O=C(Cc1ccc(N(Cc2ccccc2)C(=O)COc2ccccc2)cc1)Nc1ccc(F)cc1. The first-order chi connectivity index (χ1) is 17.1. The van der Waals surface area contributed by atoms with Gasteiger partial charge in [0, 0.05) is 11.4 Å². The molecule has 35 heavy (non-hydrogen) atoms. The Morgan fingerprint density at radius 3 is 2.03 bits per heavy atom. The van der Waals surface area contributed by atoms with Crippen LogP contribution in [0.1, 0.15) is 11.1 Å². The number of carbonyl (C=O) groups is 2. The molecule has 0 unspecified atom stereocenters. The molecular weight excluding hydrogens is 443 g/mol. The first-order valence-corrected chi connectivity index (χ1v) is 11.2. The number of nitrogens with one attached hydrogen (secondary N) is 1. The van der Waals surface area contributed by atoms with E-state index in [2.05, 4.69) is 5.32 Å². The first kappa shape index (κ1) is 23.7. The van der Waals surface area contributed by atoms with Gasteiger partial charge >= 0.3 is 0 Å². The third-order valence-electron chi connectivity index (χ3n) is 5.33. The molecule has 0 aromatic heterocycles. The molecule has 0 aliphatic carbocycles. The monoisotopic (exact) mass is 468 g/mol. The van der Waals surface area contributed by atoms with Gasteiger partial charge in [0.25, 0.3) is 5.91 Å². The van der Waals surface area contributed by atoms with E-state index in [0.29, 0.717) is 23.7 Å². The van der Waals surface area contributed by atoms with Crippen molar-refractivity contribution in [2.45, 2.75) is 13.0 Å². The number of halogens is 1. The number of benzene rings is 4. The second-order valence-electron chi connectivity index (χ2n) is 7.97. The van der Waals surface area contributed by atoms with Gasteiger partial charge in [-0.25, -0.2) is 4.39 Å². The first-order valence-electron chi connectivity index (χ1n) is 11.2. The zero-order valence-corrected chi connectivity index (χ0v) is 19.1. The Labute approximate surface area is 203 Å². The molecule has 0 heterocycles. The molecule has 5 nitrogen and oxygen atoms in total. The number of hydrogen-bond acceptors (Lipinski definition) is 3. The molecule has 0 aliphatic rings. The summed E-state index contributed by atoms with van der Waals surface area (Å²) in [7, 11) is 0. The number of rotatable bonds is 9. The molecule has 4 aromatic carbocycles. The third-order valence-corrected chi connectivity index (χ3v) is 5.33. The van der Waals surface area contributed by atoms with Gasteiger partial charge in [-0.05, 0) is 59.7 Å². The van der Waals surface area contributed by atoms with E-state index in [4.69, 9.17) is 4.74 Å². The molecule has 0 aliphatic heterocycles. The molecule has 1 N–H and O–H groups in total. The van der Waals surface area contributed by atoms with Crippen LogP contribution in [0.3, 0.4) is 0 Å². The summed E-state index contributed by atoms with van der Waals surface area (Å²) in [6.07, 6.45) is 0.154. The van der Waals surface area contributed by atoms with Gasteiger partial charge in [-0.3, -0.25) is 9.59 Å². The Morgan fingerprint density at radius 1 is 0.743 bits per heavy atom. The Balaban J connectivity index is 1.44. The van der Waals surface area contributed by atoms with Crippen molar-refractivity contribution in [3.63, 3.8) is 0 Å². The molecule has 4 aromatic rings. The van der Waals surface area contributed by atoms with Crippen molar-refractivity contribution in [1.29, 1.82) is 0 Å². The van der Waals surface area contributed by atoms with Gasteiger partial charge in [-0.2, -0.15) is 0 Å². The standard InChI is InChI=1S/C29H25FN2O3/c30-24-13-15-25(16-14-24)31-28(33)19-22-11-17-26(18-12-22)32(20-23-7-3-1-4-8-23)29(34)21-35-27-9-5-2-6-10-27/h1-18H,19-21H2,(H,31,33). The number of amides is 2. The normalized spacial score (nSPS) is 10.4. The molecule has 0 fully saturated rings. The van der Waals surface area contributed by atoms with Crippen molar-refractivity contribution in [1.82, 2.24) is 0 Å². The van der Waals surface area contributed by atoms with E-state index in [1.807, 2.05) is 72.8 Å². The predicted octanol–water partition coefficient (Wildman–Crippen LogP) is 5.62. The van der Waals surface area contributed by atoms with Gasteiger partial charge in [-0.15, -0.1) is 0 Å². The highest BCUT2D eigenvalue weighted by molar-refractivity contribution is 5.95. The molecule has 0 saturated carbocycles. The van der Waals surface area contributed by atoms with Crippen LogP contribution in [-0.2, 0) is 22.6 Å². The fourth-order valence-corrected chi connectivity index (χ4v) is 3.55. The van der Waals surface area contributed by atoms with Crippen LogP contribution in [0, 0.1) is 5.82 Å². The summed E-state index contributed by atoms with van der Waals surface area (Å²) in [5.41, 5.74) is 3.02. The molecular formula is C29H25FN2O3. The quantitative estimate of drug-likeness (QED) is 0.347. The molecule has 0 radical (unpaired) electrons. The average Bonchev–Trinajstić information content (AvgIpc) is 2.89. The molecule has 0 saturated heterocycles. The molecule has 0 atom stereocenters. The number of nitrogens with zero attached hydrogens (tertiary/aromatic N) is 1. The molecule has 2 amide bonds. The van der Waals surface area contributed by atoms with Crippen LogP contribution in [0.15, 0.2) is 109 Å². The number of anilines is 2.